The highest BCUT2D eigenvalue weighted by Crippen LogP contribution is 2.29. The van der Waals surface area contributed by atoms with Crippen LogP contribution in [0, 0.1) is 11.7 Å². The second kappa shape index (κ2) is 9.64. The van der Waals surface area contributed by atoms with Crippen molar-refractivity contribution >= 4 is 17.6 Å². The number of para-hydroxylation sites is 1. The van der Waals surface area contributed by atoms with E-state index in [1.54, 1.807) is 30.3 Å². The molecule has 11 heteroatoms. The number of rotatable bonds is 7. The molecule has 34 heavy (non-hydrogen) atoms. The molecular formula is C23H20F4N4O3. The first-order chi connectivity index (χ1) is 16.2. The third kappa shape index (κ3) is 5.60. The average Bonchev–Trinajstić information content (AvgIpc) is 3.40. The maximum absolute atomic E-state index is 14.6. The Balaban J connectivity index is 1.64. The number of amides is 2. The van der Waals surface area contributed by atoms with Crippen LogP contribution in [0.2, 0.25) is 0 Å². The van der Waals surface area contributed by atoms with Crippen LogP contribution in [0.4, 0.5) is 23.4 Å². The van der Waals surface area contributed by atoms with Crippen LogP contribution in [0.5, 0.6) is 0 Å². The van der Waals surface area contributed by atoms with Gasteiger partial charge in [0.2, 0.25) is 11.8 Å². The predicted octanol–water partition coefficient (Wildman–Crippen LogP) is 3.83. The number of anilines is 1. The van der Waals surface area contributed by atoms with Crippen LogP contribution in [0.25, 0.3) is 16.9 Å². The van der Waals surface area contributed by atoms with E-state index in [4.69, 9.17) is 4.74 Å². The second-order valence-electron chi connectivity index (χ2n) is 7.78. The molecule has 0 aliphatic carbocycles. The van der Waals surface area contributed by atoms with Crippen LogP contribution in [0.3, 0.4) is 0 Å². The minimum Gasteiger partial charge on any atom is -0.367 e. The van der Waals surface area contributed by atoms with E-state index < -0.39 is 30.4 Å². The summed E-state index contributed by atoms with van der Waals surface area (Å²) in [7, 11) is 0. The van der Waals surface area contributed by atoms with E-state index in [0.717, 1.165) is 0 Å². The van der Waals surface area contributed by atoms with Crippen molar-refractivity contribution in [2.75, 3.05) is 18.5 Å². The van der Waals surface area contributed by atoms with Gasteiger partial charge in [-0.15, -0.1) is 5.10 Å². The molecule has 1 atom stereocenters. The zero-order valence-corrected chi connectivity index (χ0v) is 17.7. The van der Waals surface area contributed by atoms with E-state index in [2.05, 4.69) is 15.7 Å². The molecule has 2 amide bonds. The maximum atomic E-state index is 14.6. The third-order valence-electron chi connectivity index (χ3n) is 5.15. The first-order valence-corrected chi connectivity index (χ1v) is 10.4. The van der Waals surface area contributed by atoms with Crippen LogP contribution in [-0.2, 0) is 20.9 Å². The summed E-state index contributed by atoms with van der Waals surface area (Å²) in [5.74, 6) is -1.59. The van der Waals surface area contributed by atoms with Crippen molar-refractivity contribution in [1.82, 2.24) is 15.1 Å². The minimum atomic E-state index is -4.44. The van der Waals surface area contributed by atoms with Gasteiger partial charge < -0.3 is 15.4 Å². The van der Waals surface area contributed by atoms with Crippen LogP contribution >= 0.6 is 0 Å². The second-order valence-corrected chi connectivity index (χ2v) is 7.78. The maximum Gasteiger partial charge on any atom is 0.411 e. The van der Waals surface area contributed by atoms with E-state index in [0.29, 0.717) is 16.8 Å². The first kappa shape index (κ1) is 23.4. The molecule has 0 saturated carbocycles. The van der Waals surface area contributed by atoms with E-state index >= 15 is 0 Å². The number of aromatic nitrogens is 2. The standard InChI is InChI=1S/C23H20F4N4O3/c24-17-6-1-2-7-18(17)31-19(10-20(30-31)29-22(33)16-9-21(32)28-11-16)15-5-3-4-14(8-15)12-34-13-23(25,26)27/h1-8,10,16H,9,11-13H2,(H,28,32)(H,29,30,33)/t16-/m0/s1. The molecule has 3 aromatic rings. The third-order valence-corrected chi connectivity index (χ3v) is 5.15. The van der Waals surface area contributed by atoms with E-state index in [-0.39, 0.29) is 37.0 Å². The van der Waals surface area contributed by atoms with Crippen LogP contribution in [0.1, 0.15) is 12.0 Å². The summed E-state index contributed by atoms with van der Waals surface area (Å²) in [6.07, 6.45) is -4.37. The Labute approximate surface area is 191 Å². The molecule has 4 rings (SSSR count). The van der Waals surface area contributed by atoms with Gasteiger partial charge in [0.1, 0.15) is 18.1 Å². The van der Waals surface area contributed by atoms with Gasteiger partial charge in [0.05, 0.1) is 18.2 Å². The topological polar surface area (TPSA) is 85.2 Å². The molecular weight excluding hydrogens is 456 g/mol. The number of carbonyl (C=O) groups excluding carboxylic acids is 2. The van der Waals surface area contributed by atoms with Crippen molar-refractivity contribution < 1.29 is 31.9 Å². The molecule has 1 aliphatic rings. The van der Waals surface area contributed by atoms with Gasteiger partial charge in [-0.2, -0.15) is 13.2 Å². The van der Waals surface area contributed by atoms with E-state index in [9.17, 15) is 27.2 Å². The van der Waals surface area contributed by atoms with Crippen molar-refractivity contribution in [3.63, 3.8) is 0 Å². The van der Waals surface area contributed by atoms with Crippen molar-refractivity contribution in [3.05, 3.63) is 66.0 Å². The number of hydrogen-bond acceptors (Lipinski definition) is 4. The number of hydrogen-bond donors (Lipinski definition) is 2. The van der Waals surface area contributed by atoms with Gasteiger partial charge in [0.25, 0.3) is 0 Å². The molecule has 2 N–H and O–H groups in total. The van der Waals surface area contributed by atoms with Gasteiger partial charge in [-0.25, -0.2) is 9.07 Å². The fourth-order valence-electron chi connectivity index (χ4n) is 3.58. The Bertz CT molecular complexity index is 1210. The molecule has 0 radical (unpaired) electrons. The molecule has 0 spiro atoms. The number of ether oxygens (including phenoxy) is 1. The van der Waals surface area contributed by atoms with Crippen molar-refractivity contribution in [1.29, 1.82) is 0 Å². The lowest BCUT2D eigenvalue weighted by Gasteiger charge is -2.11. The lowest BCUT2D eigenvalue weighted by Crippen LogP contribution is -2.24. The zero-order valence-electron chi connectivity index (χ0n) is 17.7. The fraction of sp³-hybridized carbons (Fsp3) is 0.261. The summed E-state index contributed by atoms with van der Waals surface area (Å²) in [6, 6.07) is 14.0. The monoisotopic (exact) mass is 476 g/mol. The Hall–Kier alpha value is -3.73. The van der Waals surface area contributed by atoms with E-state index in [1.165, 1.54) is 28.9 Å². The van der Waals surface area contributed by atoms with Crippen LogP contribution in [-0.4, -0.2) is 40.9 Å². The minimum absolute atomic E-state index is 0.0622. The van der Waals surface area contributed by atoms with Crippen LogP contribution in [0.15, 0.2) is 54.6 Å². The van der Waals surface area contributed by atoms with Gasteiger partial charge >= 0.3 is 6.18 Å². The predicted molar refractivity (Wildman–Crippen MR) is 114 cm³/mol. The Morgan fingerprint density at radius 3 is 2.68 bits per heavy atom. The van der Waals surface area contributed by atoms with Gasteiger partial charge in [-0.05, 0) is 23.8 Å². The van der Waals surface area contributed by atoms with Gasteiger partial charge in [0, 0.05) is 24.6 Å². The van der Waals surface area contributed by atoms with Gasteiger partial charge in [0.15, 0.2) is 5.82 Å². The summed E-state index contributed by atoms with van der Waals surface area (Å²) in [4.78, 5) is 24.0. The Kier molecular flexibility index (Phi) is 6.64. The molecule has 1 saturated heterocycles. The summed E-state index contributed by atoms with van der Waals surface area (Å²) in [5, 5.41) is 9.57. The fourth-order valence-corrected chi connectivity index (χ4v) is 3.58. The molecule has 1 fully saturated rings. The first-order valence-electron chi connectivity index (χ1n) is 10.4. The Morgan fingerprint density at radius 2 is 1.97 bits per heavy atom. The van der Waals surface area contributed by atoms with Crippen LogP contribution < -0.4 is 10.6 Å². The number of benzene rings is 2. The summed E-state index contributed by atoms with van der Waals surface area (Å²) < 4.78 is 57.8. The highest BCUT2D eigenvalue weighted by molar-refractivity contribution is 5.97. The van der Waals surface area contributed by atoms with Crippen molar-refractivity contribution in [2.45, 2.75) is 19.2 Å². The number of halogens is 4. The molecule has 0 bridgehead atoms. The molecule has 2 aromatic carbocycles. The Morgan fingerprint density at radius 1 is 1.18 bits per heavy atom. The molecule has 1 aromatic heterocycles. The number of alkyl halides is 3. The highest BCUT2D eigenvalue weighted by Gasteiger charge is 2.29. The average molecular weight is 476 g/mol. The molecule has 2 heterocycles. The zero-order chi connectivity index (χ0) is 24.3. The van der Waals surface area contributed by atoms with E-state index in [1.807, 2.05) is 0 Å². The SMILES string of the molecule is O=C1C[C@H](C(=O)Nc2cc(-c3cccc(COCC(F)(F)F)c3)n(-c3ccccc3F)n2)CN1. The van der Waals surface area contributed by atoms with Crippen molar-refractivity contribution in [3.8, 4) is 16.9 Å². The molecule has 178 valence electrons. The summed E-state index contributed by atoms with van der Waals surface area (Å²) in [5.41, 5.74) is 1.53. The van der Waals surface area contributed by atoms with Gasteiger partial charge in [-0.1, -0.05) is 30.3 Å². The number of carbonyl (C=O) groups is 2. The van der Waals surface area contributed by atoms with Gasteiger partial charge in [-0.3, -0.25) is 9.59 Å². The lowest BCUT2D eigenvalue weighted by atomic mass is 10.1. The largest absolute Gasteiger partial charge is 0.411 e. The number of nitrogens with one attached hydrogen (secondary N) is 2. The summed E-state index contributed by atoms with van der Waals surface area (Å²) in [6.45, 7) is -1.43. The lowest BCUT2D eigenvalue weighted by molar-refractivity contribution is -0.176. The van der Waals surface area contributed by atoms with Crippen molar-refractivity contribution in [2.24, 2.45) is 5.92 Å². The molecule has 0 unspecified atom stereocenters. The molecule has 1 aliphatic heterocycles. The smallest absolute Gasteiger partial charge is 0.367 e. The highest BCUT2D eigenvalue weighted by atomic mass is 19.4. The number of nitrogens with zero attached hydrogens (tertiary/aromatic N) is 2. The molecule has 7 nitrogen and oxygen atoms in total. The summed E-state index contributed by atoms with van der Waals surface area (Å²) >= 11 is 0. The quantitative estimate of drug-likeness (QED) is 0.508. The normalized spacial score (nSPS) is 15.9.